The molecule has 0 radical (unpaired) electrons. The Labute approximate surface area is 223 Å². The van der Waals surface area contributed by atoms with Crippen LogP contribution in [0.3, 0.4) is 0 Å². The van der Waals surface area contributed by atoms with E-state index >= 15 is 0 Å². The molecule has 1 saturated carbocycles. The van der Waals surface area contributed by atoms with Gasteiger partial charge in [0.1, 0.15) is 0 Å². The van der Waals surface area contributed by atoms with Crippen molar-refractivity contribution in [3.05, 3.63) is 67.4 Å². The number of hydrogen-bond donors (Lipinski definition) is 3. The molecule has 0 atom stereocenters. The molecule has 6 aromatic rings. The number of carbonyl (C=O) groups is 1. The number of aromatic amines is 2. The van der Waals surface area contributed by atoms with E-state index in [4.69, 9.17) is 0 Å². The van der Waals surface area contributed by atoms with E-state index in [0.29, 0.717) is 11.3 Å². The molecule has 6 aromatic heterocycles. The fourth-order valence-electron chi connectivity index (χ4n) is 5.47. The van der Waals surface area contributed by atoms with Crippen molar-refractivity contribution >= 4 is 33.5 Å². The molecule has 0 saturated heterocycles. The lowest BCUT2D eigenvalue weighted by Gasteiger charge is -2.20. The summed E-state index contributed by atoms with van der Waals surface area (Å²) >= 11 is 0. The number of pyridine rings is 3. The van der Waals surface area contributed by atoms with Crippen LogP contribution in [0.1, 0.15) is 37.8 Å². The summed E-state index contributed by atoms with van der Waals surface area (Å²) in [5, 5.41) is 12.6. The maximum absolute atomic E-state index is 12.8. The average Bonchev–Trinajstić information content (AvgIpc) is 3.71. The minimum Gasteiger partial charge on any atom is -0.352 e. The molecule has 39 heavy (non-hydrogen) atoms. The van der Waals surface area contributed by atoms with Crippen molar-refractivity contribution in [2.45, 2.75) is 39.0 Å². The van der Waals surface area contributed by atoms with Crippen LogP contribution >= 0.6 is 0 Å². The van der Waals surface area contributed by atoms with Gasteiger partial charge < -0.3 is 14.9 Å². The van der Waals surface area contributed by atoms with Crippen molar-refractivity contribution in [2.24, 2.45) is 5.92 Å². The van der Waals surface area contributed by atoms with Crippen molar-refractivity contribution in [2.75, 3.05) is 5.32 Å². The first-order valence-corrected chi connectivity index (χ1v) is 13.2. The monoisotopic (exact) mass is 517 g/mol. The molecular weight excluding hydrogens is 490 g/mol. The Morgan fingerprint density at radius 1 is 0.949 bits per heavy atom. The van der Waals surface area contributed by atoms with Gasteiger partial charge >= 0.3 is 0 Å². The van der Waals surface area contributed by atoms with E-state index in [-0.39, 0.29) is 11.8 Å². The summed E-state index contributed by atoms with van der Waals surface area (Å²) in [6.45, 7) is 1.96. The molecule has 1 aliphatic rings. The highest BCUT2D eigenvalue weighted by atomic mass is 16.1. The van der Waals surface area contributed by atoms with E-state index in [9.17, 15) is 4.79 Å². The van der Waals surface area contributed by atoms with E-state index in [1.807, 2.05) is 36.1 Å². The van der Waals surface area contributed by atoms with Gasteiger partial charge in [-0.3, -0.25) is 19.9 Å². The van der Waals surface area contributed by atoms with Crippen LogP contribution in [-0.4, -0.2) is 45.6 Å². The predicted octanol–water partition coefficient (Wildman–Crippen LogP) is 5.58. The van der Waals surface area contributed by atoms with Gasteiger partial charge in [0.2, 0.25) is 5.91 Å². The molecule has 6 heterocycles. The van der Waals surface area contributed by atoms with Crippen LogP contribution in [0.4, 0.5) is 5.69 Å². The summed E-state index contributed by atoms with van der Waals surface area (Å²) in [6.07, 6.45) is 18.0. The Morgan fingerprint density at radius 3 is 2.64 bits per heavy atom. The number of carbonyl (C=O) groups excluding carboxylic acids is 1. The Morgan fingerprint density at radius 2 is 1.79 bits per heavy atom. The molecule has 3 N–H and O–H groups in total. The fourth-order valence-corrected chi connectivity index (χ4v) is 5.47. The van der Waals surface area contributed by atoms with Gasteiger partial charge in [0.15, 0.2) is 5.65 Å². The number of aromatic nitrogens is 8. The molecule has 0 aromatic carbocycles. The molecule has 1 aliphatic carbocycles. The van der Waals surface area contributed by atoms with Gasteiger partial charge in [-0.05, 0) is 38.0 Å². The average molecular weight is 518 g/mol. The Kier molecular flexibility index (Phi) is 5.65. The molecule has 7 rings (SSSR count). The molecule has 0 bridgehead atoms. The van der Waals surface area contributed by atoms with Crippen molar-refractivity contribution < 1.29 is 4.79 Å². The van der Waals surface area contributed by atoms with Crippen molar-refractivity contribution in [3.63, 3.8) is 0 Å². The zero-order valence-electron chi connectivity index (χ0n) is 21.5. The molecule has 0 unspecified atom stereocenters. The maximum atomic E-state index is 12.8. The molecule has 10 heteroatoms. The summed E-state index contributed by atoms with van der Waals surface area (Å²) in [5.41, 5.74) is 7.57. The van der Waals surface area contributed by atoms with Crippen LogP contribution in [0.2, 0.25) is 0 Å². The largest absolute Gasteiger partial charge is 0.352 e. The predicted molar refractivity (Wildman–Crippen MR) is 149 cm³/mol. The number of aryl methyl sites for hydroxylation is 1. The summed E-state index contributed by atoms with van der Waals surface area (Å²) in [5.74, 6) is 0.164. The number of fused-ring (bicyclic) bond motifs is 2. The number of nitrogens with one attached hydrogen (secondary N) is 3. The van der Waals surface area contributed by atoms with E-state index in [0.717, 1.165) is 75.9 Å². The molecule has 10 nitrogen and oxygen atoms in total. The summed E-state index contributed by atoms with van der Waals surface area (Å²) in [4.78, 5) is 34.0. The second kappa shape index (κ2) is 9.46. The van der Waals surface area contributed by atoms with Gasteiger partial charge in [-0.15, -0.1) is 0 Å². The van der Waals surface area contributed by atoms with Gasteiger partial charge in [0.05, 0.1) is 58.9 Å². The summed E-state index contributed by atoms with van der Waals surface area (Å²) < 4.78 is 1.97. The lowest BCUT2D eigenvalue weighted by Crippen LogP contribution is -2.24. The lowest BCUT2D eigenvalue weighted by atomic mass is 9.88. The number of rotatable bonds is 5. The fraction of sp³-hybridized carbons (Fsp3) is 0.241. The van der Waals surface area contributed by atoms with Crippen LogP contribution in [0.25, 0.3) is 50.1 Å². The van der Waals surface area contributed by atoms with Gasteiger partial charge in [-0.2, -0.15) is 5.10 Å². The number of amides is 1. The maximum Gasteiger partial charge on any atom is 0.227 e. The number of imidazole rings is 1. The van der Waals surface area contributed by atoms with Crippen molar-refractivity contribution in [3.8, 4) is 28.2 Å². The van der Waals surface area contributed by atoms with Gasteiger partial charge in [-0.25, -0.2) is 9.97 Å². The van der Waals surface area contributed by atoms with Crippen LogP contribution < -0.4 is 5.32 Å². The van der Waals surface area contributed by atoms with E-state index in [2.05, 4.69) is 52.6 Å². The van der Waals surface area contributed by atoms with Gasteiger partial charge in [0, 0.05) is 46.4 Å². The van der Waals surface area contributed by atoms with Crippen molar-refractivity contribution in [1.29, 1.82) is 0 Å². The molecule has 1 amide bonds. The minimum atomic E-state index is 0.0814. The summed E-state index contributed by atoms with van der Waals surface area (Å²) in [6, 6.07) is 6.09. The third kappa shape index (κ3) is 4.33. The zero-order chi connectivity index (χ0) is 26.3. The number of H-pyrrole nitrogens is 2. The quantitative estimate of drug-likeness (QED) is 0.274. The minimum absolute atomic E-state index is 0.0814. The van der Waals surface area contributed by atoms with Crippen LogP contribution in [0.5, 0.6) is 0 Å². The van der Waals surface area contributed by atoms with E-state index in [1.165, 1.54) is 6.42 Å². The Balaban J connectivity index is 1.22. The summed E-state index contributed by atoms with van der Waals surface area (Å²) in [7, 11) is 0. The van der Waals surface area contributed by atoms with Gasteiger partial charge in [0.25, 0.3) is 0 Å². The molecule has 1 fully saturated rings. The third-order valence-electron chi connectivity index (χ3n) is 7.51. The zero-order valence-corrected chi connectivity index (χ0v) is 21.5. The van der Waals surface area contributed by atoms with E-state index in [1.54, 1.807) is 24.9 Å². The second-order valence-corrected chi connectivity index (χ2v) is 10.2. The molecule has 0 spiro atoms. The Bertz CT molecular complexity index is 1820. The first-order chi connectivity index (χ1) is 19.1. The number of nitrogens with zero attached hydrogens (tertiary/aromatic N) is 6. The highest BCUT2D eigenvalue weighted by Crippen LogP contribution is 2.33. The number of anilines is 1. The highest BCUT2D eigenvalue weighted by Gasteiger charge is 2.21. The van der Waals surface area contributed by atoms with E-state index < -0.39 is 0 Å². The SMILES string of the molecule is Cc1cn(-c2cncc3[nH]c(-c4[nH]nc5ncc(-c6cncc(NC(=O)C7CCCCC7)c6)cc45)cc23)cn1. The van der Waals surface area contributed by atoms with Gasteiger partial charge in [-0.1, -0.05) is 19.3 Å². The third-order valence-corrected chi connectivity index (χ3v) is 7.51. The topological polar surface area (TPSA) is 130 Å². The lowest BCUT2D eigenvalue weighted by molar-refractivity contribution is -0.120. The Hall–Kier alpha value is -4.86. The molecule has 0 aliphatic heterocycles. The van der Waals surface area contributed by atoms with Crippen LogP contribution in [-0.2, 0) is 4.79 Å². The molecule has 194 valence electrons. The van der Waals surface area contributed by atoms with Crippen molar-refractivity contribution in [1.82, 2.24) is 39.7 Å². The second-order valence-electron chi connectivity index (χ2n) is 10.2. The standard InChI is InChI=1S/C29H27N9O/c1-17-15-38(16-33-17)26-14-31-13-25-22(26)9-24(35-25)27-23-8-20(11-32-28(23)37-36-27)19-7-21(12-30-10-19)34-29(39)18-5-3-2-4-6-18/h7-16,18,35H,2-6H2,1H3,(H,34,39)(H,32,36,37). The molecular formula is C29H27N9O. The van der Waals surface area contributed by atoms with Crippen LogP contribution in [0, 0.1) is 12.8 Å². The number of hydrogen-bond acceptors (Lipinski definition) is 6. The normalized spacial score (nSPS) is 14.3. The van der Waals surface area contributed by atoms with Crippen LogP contribution in [0.15, 0.2) is 61.7 Å². The highest BCUT2D eigenvalue weighted by molar-refractivity contribution is 5.98. The smallest absolute Gasteiger partial charge is 0.227 e. The first kappa shape index (κ1) is 23.3. The first-order valence-electron chi connectivity index (χ1n) is 13.2.